The summed E-state index contributed by atoms with van der Waals surface area (Å²) in [6, 6.07) is 5.32. The minimum Gasteiger partial charge on any atom is -0.310 e. The van der Waals surface area contributed by atoms with Gasteiger partial charge in [0, 0.05) is 17.6 Å². The fourth-order valence-corrected chi connectivity index (χ4v) is 3.28. The minimum absolute atomic E-state index is 0.254. The van der Waals surface area contributed by atoms with E-state index in [1.165, 1.54) is 44.6 Å². The van der Waals surface area contributed by atoms with Crippen LogP contribution in [0.3, 0.4) is 0 Å². The van der Waals surface area contributed by atoms with Gasteiger partial charge in [0.15, 0.2) is 0 Å². The molecule has 0 bridgehead atoms. The Kier molecular flexibility index (Phi) is 5.65. The third-order valence-corrected chi connectivity index (χ3v) is 4.28. The van der Waals surface area contributed by atoms with E-state index in [9.17, 15) is 4.39 Å². The van der Waals surface area contributed by atoms with E-state index in [1.54, 1.807) is 6.07 Å². The molecule has 1 aromatic carbocycles. The van der Waals surface area contributed by atoms with Crippen molar-refractivity contribution in [2.24, 2.45) is 5.92 Å². The van der Waals surface area contributed by atoms with E-state index in [0.717, 1.165) is 11.5 Å². The Labute approximate surface area is 120 Å². The van der Waals surface area contributed by atoms with Gasteiger partial charge in [-0.15, -0.1) is 0 Å². The van der Waals surface area contributed by atoms with Crippen molar-refractivity contribution in [3.63, 3.8) is 0 Å². The van der Waals surface area contributed by atoms with Crippen LogP contribution in [0.1, 0.15) is 51.0 Å². The molecule has 106 valence electrons. The Hall–Kier alpha value is -0.600. The molecule has 0 unspecified atom stereocenters. The van der Waals surface area contributed by atoms with Gasteiger partial charge in [0.25, 0.3) is 0 Å². The van der Waals surface area contributed by atoms with Crippen LogP contribution in [0, 0.1) is 11.7 Å². The second kappa shape index (κ2) is 7.25. The fraction of sp³-hybridized carbons (Fsp3) is 0.625. The Morgan fingerprint density at radius 1 is 1.21 bits per heavy atom. The minimum atomic E-state index is -0.254. The lowest BCUT2D eigenvalue weighted by atomic mass is 9.83. The molecule has 1 fully saturated rings. The summed E-state index contributed by atoms with van der Waals surface area (Å²) < 4.78 is 13.2. The van der Waals surface area contributed by atoms with Gasteiger partial charge in [-0.05, 0) is 55.4 Å². The van der Waals surface area contributed by atoms with Crippen molar-refractivity contribution in [2.45, 2.75) is 58.0 Å². The highest BCUT2D eigenvalue weighted by Crippen LogP contribution is 2.28. The van der Waals surface area contributed by atoms with E-state index in [4.69, 9.17) is 11.6 Å². The highest BCUT2D eigenvalue weighted by molar-refractivity contribution is 6.30. The van der Waals surface area contributed by atoms with Gasteiger partial charge in [0.1, 0.15) is 5.82 Å². The molecule has 0 saturated heterocycles. The van der Waals surface area contributed by atoms with E-state index in [1.807, 2.05) is 6.07 Å². The molecule has 1 N–H and O–H groups in total. The average molecular weight is 284 g/mol. The van der Waals surface area contributed by atoms with Crippen LogP contribution in [0.2, 0.25) is 5.02 Å². The van der Waals surface area contributed by atoms with Crippen molar-refractivity contribution < 1.29 is 4.39 Å². The molecule has 0 aliphatic heterocycles. The fourth-order valence-electron chi connectivity index (χ4n) is 3.04. The first kappa shape index (κ1) is 14.8. The van der Waals surface area contributed by atoms with Crippen LogP contribution in [-0.2, 0) is 6.54 Å². The second-order valence-corrected chi connectivity index (χ2v) is 6.10. The lowest BCUT2D eigenvalue weighted by molar-refractivity contribution is 0.277. The van der Waals surface area contributed by atoms with Crippen molar-refractivity contribution in [1.29, 1.82) is 0 Å². The highest BCUT2D eigenvalue weighted by Gasteiger charge is 2.19. The van der Waals surface area contributed by atoms with Crippen molar-refractivity contribution in [3.8, 4) is 0 Å². The maximum Gasteiger partial charge on any atom is 0.125 e. The normalized spacial score (nSPS) is 23.5. The lowest BCUT2D eigenvalue weighted by Gasteiger charge is -2.29. The van der Waals surface area contributed by atoms with Crippen LogP contribution in [0.25, 0.3) is 0 Å². The van der Waals surface area contributed by atoms with Gasteiger partial charge in [-0.25, -0.2) is 4.39 Å². The first-order valence-electron chi connectivity index (χ1n) is 7.35. The monoisotopic (exact) mass is 283 g/mol. The molecule has 0 aromatic heterocycles. The Morgan fingerprint density at radius 2 is 1.95 bits per heavy atom. The van der Waals surface area contributed by atoms with Crippen LogP contribution in [0.4, 0.5) is 4.39 Å². The average Bonchev–Trinajstić information content (AvgIpc) is 2.37. The zero-order valence-electron chi connectivity index (χ0n) is 11.6. The molecule has 1 aliphatic rings. The van der Waals surface area contributed by atoms with Crippen LogP contribution in [-0.4, -0.2) is 6.04 Å². The number of nitrogens with one attached hydrogen (secondary N) is 1. The van der Waals surface area contributed by atoms with Crippen LogP contribution in [0.15, 0.2) is 18.2 Å². The molecule has 0 heterocycles. The molecular formula is C16H23ClFN. The first-order valence-corrected chi connectivity index (χ1v) is 7.73. The van der Waals surface area contributed by atoms with Gasteiger partial charge in [-0.2, -0.15) is 0 Å². The summed E-state index contributed by atoms with van der Waals surface area (Å²) in [5.41, 5.74) is 0.931. The lowest BCUT2D eigenvalue weighted by Crippen LogP contribution is -2.32. The molecule has 3 heteroatoms. The number of halogens is 2. The predicted molar refractivity (Wildman–Crippen MR) is 78.9 cm³/mol. The van der Waals surface area contributed by atoms with E-state index in [0.29, 0.717) is 17.6 Å². The van der Waals surface area contributed by atoms with E-state index < -0.39 is 0 Å². The van der Waals surface area contributed by atoms with Crippen LogP contribution >= 0.6 is 11.6 Å². The molecule has 1 aliphatic carbocycles. The number of hydrogen-bond donors (Lipinski definition) is 1. The molecule has 0 amide bonds. The smallest absolute Gasteiger partial charge is 0.125 e. The number of hydrogen-bond acceptors (Lipinski definition) is 1. The van der Waals surface area contributed by atoms with Gasteiger partial charge in [0.2, 0.25) is 0 Å². The second-order valence-electron chi connectivity index (χ2n) is 5.66. The summed E-state index contributed by atoms with van der Waals surface area (Å²) in [6.07, 6.45) is 7.81. The summed E-state index contributed by atoms with van der Waals surface area (Å²) in [4.78, 5) is 0. The topological polar surface area (TPSA) is 12.0 Å². The molecule has 1 aromatic rings. The summed E-state index contributed by atoms with van der Waals surface area (Å²) in [5, 5.41) is 4.01. The number of benzene rings is 1. The Morgan fingerprint density at radius 3 is 2.58 bits per heavy atom. The largest absolute Gasteiger partial charge is 0.310 e. The van der Waals surface area contributed by atoms with Crippen LogP contribution in [0.5, 0.6) is 0 Å². The molecule has 0 atom stereocenters. The van der Waals surface area contributed by atoms with Crippen molar-refractivity contribution >= 4 is 11.6 Å². The maximum atomic E-state index is 13.2. The third-order valence-electron chi connectivity index (χ3n) is 4.06. The van der Waals surface area contributed by atoms with Gasteiger partial charge in [-0.3, -0.25) is 0 Å². The van der Waals surface area contributed by atoms with Gasteiger partial charge < -0.3 is 5.32 Å². The summed E-state index contributed by atoms with van der Waals surface area (Å²) in [5.74, 6) is 0.669. The maximum absolute atomic E-state index is 13.2. The number of rotatable bonds is 5. The predicted octanol–water partition coefficient (Wildman–Crippen LogP) is 4.93. The zero-order chi connectivity index (χ0) is 13.7. The first-order chi connectivity index (χ1) is 9.17. The molecule has 1 nitrogen and oxygen atoms in total. The Bertz CT molecular complexity index is 379. The molecule has 2 rings (SSSR count). The van der Waals surface area contributed by atoms with Crippen molar-refractivity contribution in [1.82, 2.24) is 5.32 Å². The van der Waals surface area contributed by atoms with Gasteiger partial charge in [-0.1, -0.05) is 31.4 Å². The highest BCUT2D eigenvalue weighted by atomic mass is 35.5. The van der Waals surface area contributed by atoms with Crippen LogP contribution < -0.4 is 5.32 Å². The van der Waals surface area contributed by atoms with Crippen molar-refractivity contribution in [2.75, 3.05) is 0 Å². The standard InChI is InChI=1S/C16H23ClFN/c1-2-3-12-4-6-16(7-5-12)19-11-13-8-14(17)10-15(18)9-13/h8-10,12,16,19H,2-7,11H2,1H3. The molecule has 19 heavy (non-hydrogen) atoms. The van der Waals surface area contributed by atoms with Gasteiger partial charge >= 0.3 is 0 Å². The van der Waals surface area contributed by atoms with E-state index >= 15 is 0 Å². The molecular weight excluding hydrogens is 261 g/mol. The Balaban J connectivity index is 1.77. The zero-order valence-corrected chi connectivity index (χ0v) is 12.3. The molecule has 0 spiro atoms. The molecule has 1 saturated carbocycles. The van der Waals surface area contributed by atoms with E-state index in [2.05, 4.69) is 12.2 Å². The third kappa shape index (κ3) is 4.77. The SMILES string of the molecule is CCCC1CCC(NCc2cc(F)cc(Cl)c2)CC1. The summed E-state index contributed by atoms with van der Waals surface area (Å²) in [6.45, 7) is 2.97. The van der Waals surface area contributed by atoms with Gasteiger partial charge in [0.05, 0.1) is 0 Å². The molecule has 0 radical (unpaired) electrons. The quantitative estimate of drug-likeness (QED) is 0.808. The summed E-state index contributed by atoms with van der Waals surface area (Å²) >= 11 is 5.86. The summed E-state index contributed by atoms with van der Waals surface area (Å²) in [7, 11) is 0. The van der Waals surface area contributed by atoms with E-state index in [-0.39, 0.29) is 5.82 Å². The van der Waals surface area contributed by atoms with Crippen molar-refractivity contribution in [3.05, 3.63) is 34.6 Å².